The molecule has 0 bridgehead atoms. The van der Waals surface area contributed by atoms with Crippen molar-refractivity contribution in [3.8, 4) is 11.1 Å². The molecule has 92 valence electrons. The highest BCUT2D eigenvalue weighted by molar-refractivity contribution is 5.85. The van der Waals surface area contributed by atoms with E-state index in [9.17, 15) is 0 Å². The minimum Gasteiger partial charge on any atom is -0.256 e. The molecule has 0 spiro atoms. The number of nitrogens with zero attached hydrogens (tertiary/aromatic N) is 4. The van der Waals surface area contributed by atoms with E-state index in [1.54, 1.807) is 17.1 Å². The maximum absolute atomic E-state index is 4.44. The topological polar surface area (TPSA) is 43.1 Å². The van der Waals surface area contributed by atoms with Crippen molar-refractivity contribution in [3.63, 3.8) is 0 Å². The maximum Gasteiger partial charge on any atom is 0.162 e. The second-order valence-corrected chi connectivity index (χ2v) is 4.08. The number of aromatic nitrogens is 3. The van der Waals surface area contributed by atoms with Crippen molar-refractivity contribution in [2.75, 3.05) is 0 Å². The third kappa shape index (κ3) is 1.83. The molecule has 4 nitrogen and oxygen atoms in total. The molecule has 0 aliphatic heterocycles. The molecule has 0 radical (unpaired) electrons. The molecular formula is C15H12N4. The molecule has 0 atom stereocenters. The van der Waals surface area contributed by atoms with Crippen LogP contribution in [0.2, 0.25) is 0 Å². The Kier molecular flexibility index (Phi) is 2.68. The van der Waals surface area contributed by atoms with Crippen LogP contribution in [0.5, 0.6) is 0 Å². The van der Waals surface area contributed by atoms with Gasteiger partial charge < -0.3 is 0 Å². The van der Waals surface area contributed by atoms with Gasteiger partial charge in [-0.3, -0.25) is 4.98 Å². The first-order valence-corrected chi connectivity index (χ1v) is 5.85. The van der Waals surface area contributed by atoms with Gasteiger partial charge in [-0.2, -0.15) is 5.10 Å². The van der Waals surface area contributed by atoms with Gasteiger partial charge in [0.05, 0.1) is 11.7 Å². The van der Waals surface area contributed by atoms with Crippen LogP contribution in [0, 0.1) is 0 Å². The van der Waals surface area contributed by atoms with Crippen LogP contribution in [0.4, 0.5) is 5.82 Å². The monoisotopic (exact) mass is 248 g/mol. The van der Waals surface area contributed by atoms with Gasteiger partial charge in [0.2, 0.25) is 0 Å². The minimum atomic E-state index is 0.673. The van der Waals surface area contributed by atoms with Gasteiger partial charge in [0, 0.05) is 28.9 Å². The fourth-order valence-corrected chi connectivity index (χ4v) is 2.07. The third-order valence-corrected chi connectivity index (χ3v) is 2.99. The SMILES string of the molecule is C=Cn1ncc(-c2cnc3ccccc3c2)c1N=C. The summed E-state index contributed by atoms with van der Waals surface area (Å²) in [6.45, 7) is 7.27. The zero-order valence-electron chi connectivity index (χ0n) is 10.3. The molecule has 0 aliphatic rings. The molecular weight excluding hydrogens is 236 g/mol. The Morgan fingerprint density at radius 1 is 1.21 bits per heavy atom. The first-order valence-electron chi connectivity index (χ1n) is 5.85. The quantitative estimate of drug-likeness (QED) is 0.665. The summed E-state index contributed by atoms with van der Waals surface area (Å²) in [6.07, 6.45) is 5.17. The second-order valence-electron chi connectivity index (χ2n) is 4.08. The van der Waals surface area contributed by atoms with Crippen LogP contribution in [-0.2, 0) is 0 Å². The van der Waals surface area contributed by atoms with Crippen LogP contribution in [-0.4, -0.2) is 21.5 Å². The molecule has 0 unspecified atom stereocenters. The summed E-state index contributed by atoms with van der Waals surface area (Å²) in [4.78, 5) is 8.45. The fraction of sp³-hybridized carbons (Fsp3) is 0. The van der Waals surface area contributed by atoms with Crippen molar-refractivity contribution in [1.82, 2.24) is 14.8 Å². The summed E-state index contributed by atoms with van der Waals surface area (Å²) in [6, 6.07) is 10.1. The number of pyridine rings is 1. The van der Waals surface area contributed by atoms with Gasteiger partial charge >= 0.3 is 0 Å². The van der Waals surface area contributed by atoms with Gasteiger partial charge in [-0.15, -0.1) is 0 Å². The average molecular weight is 248 g/mol. The van der Waals surface area contributed by atoms with Crippen molar-refractivity contribution in [2.24, 2.45) is 4.99 Å². The molecule has 19 heavy (non-hydrogen) atoms. The van der Waals surface area contributed by atoms with E-state index in [1.165, 1.54) is 0 Å². The number of hydrogen-bond acceptors (Lipinski definition) is 3. The lowest BCUT2D eigenvalue weighted by Crippen LogP contribution is -1.86. The van der Waals surface area contributed by atoms with Crippen LogP contribution in [0.3, 0.4) is 0 Å². The highest BCUT2D eigenvalue weighted by Gasteiger charge is 2.10. The Morgan fingerprint density at radius 3 is 2.84 bits per heavy atom. The number of aliphatic imine (C=N–C) groups is 1. The molecule has 2 aromatic heterocycles. The Labute approximate surface area is 110 Å². The summed E-state index contributed by atoms with van der Waals surface area (Å²) >= 11 is 0. The van der Waals surface area contributed by atoms with Crippen molar-refractivity contribution < 1.29 is 0 Å². The normalized spacial score (nSPS) is 10.5. The fourth-order valence-electron chi connectivity index (χ4n) is 2.07. The van der Waals surface area contributed by atoms with E-state index in [4.69, 9.17) is 0 Å². The highest BCUT2D eigenvalue weighted by atomic mass is 15.3. The molecule has 0 saturated carbocycles. The van der Waals surface area contributed by atoms with Crippen molar-refractivity contribution in [3.05, 3.63) is 49.3 Å². The predicted molar refractivity (Wildman–Crippen MR) is 78.6 cm³/mol. The van der Waals surface area contributed by atoms with E-state index in [-0.39, 0.29) is 0 Å². The molecule has 2 heterocycles. The van der Waals surface area contributed by atoms with Gasteiger partial charge in [-0.05, 0) is 18.9 Å². The maximum atomic E-state index is 4.44. The van der Waals surface area contributed by atoms with Crippen molar-refractivity contribution in [2.45, 2.75) is 0 Å². The second kappa shape index (κ2) is 4.49. The molecule has 0 saturated heterocycles. The molecule has 0 amide bonds. The van der Waals surface area contributed by atoms with Crippen LogP contribution in [0.25, 0.3) is 28.2 Å². The van der Waals surface area contributed by atoms with E-state index >= 15 is 0 Å². The van der Waals surface area contributed by atoms with E-state index in [0.29, 0.717) is 5.82 Å². The number of rotatable bonds is 3. The number of hydrogen-bond donors (Lipinski definition) is 0. The van der Waals surface area contributed by atoms with Gasteiger partial charge in [-0.25, -0.2) is 9.67 Å². The molecule has 4 heteroatoms. The first-order chi connectivity index (χ1) is 9.33. The number of benzene rings is 1. The lowest BCUT2D eigenvalue weighted by molar-refractivity contribution is 0.936. The smallest absolute Gasteiger partial charge is 0.162 e. The minimum absolute atomic E-state index is 0.673. The molecule has 0 aliphatic carbocycles. The summed E-state index contributed by atoms with van der Waals surface area (Å²) in [7, 11) is 0. The van der Waals surface area contributed by atoms with Crippen molar-refractivity contribution in [1.29, 1.82) is 0 Å². The zero-order chi connectivity index (χ0) is 13.2. The largest absolute Gasteiger partial charge is 0.256 e. The van der Waals surface area contributed by atoms with Crippen LogP contribution in [0.15, 0.2) is 54.3 Å². The van der Waals surface area contributed by atoms with E-state index < -0.39 is 0 Å². The molecule has 0 N–H and O–H groups in total. The Morgan fingerprint density at radius 2 is 2.05 bits per heavy atom. The molecule has 1 aromatic carbocycles. The molecule has 0 fully saturated rings. The van der Waals surface area contributed by atoms with Crippen LogP contribution in [0.1, 0.15) is 0 Å². The average Bonchev–Trinajstić information content (AvgIpc) is 2.89. The Balaban J connectivity index is 2.21. The zero-order valence-corrected chi connectivity index (χ0v) is 10.3. The number of para-hydroxylation sites is 1. The van der Waals surface area contributed by atoms with E-state index in [0.717, 1.165) is 22.0 Å². The summed E-state index contributed by atoms with van der Waals surface area (Å²) in [5.74, 6) is 0.673. The van der Waals surface area contributed by atoms with Gasteiger partial charge in [0.1, 0.15) is 0 Å². The summed E-state index contributed by atoms with van der Waals surface area (Å²) < 4.78 is 1.59. The summed E-state index contributed by atoms with van der Waals surface area (Å²) in [5, 5.41) is 5.28. The Hall–Kier alpha value is -2.75. The lowest BCUT2D eigenvalue weighted by atomic mass is 10.1. The Bertz CT molecular complexity index is 771. The summed E-state index contributed by atoms with van der Waals surface area (Å²) in [5.41, 5.74) is 2.83. The van der Waals surface area contributed by atoms with E-state index in [1.807, 2.05) is 30.5 Å². The van der Waals surface area contributed by atoms with Gasteiger partial charge in [0.15, 0.2) is 5.82 Å². The first kappa shape index (κ1) is 11.3. The standard InChI is InChI=1S/C15H12N4/c1-3-19-15(16-2)13(10-18-19)12-8-11-6-4-5-7-14(11)17-9-12/h3-10H,1-2H2. The van der Waals surface area contributed by atoms with E-state index in [2.05, 4.69) is 34.4 Å². The van der Waals surface area contributed by atoms with Crippen molar-refractivity contribution >= 4 is 29.6 Å². The number of fused-ring (bicyclic) bond motifs is 1. The molecule has 3 rings (SSSR count). The molecule has 3 aromatic rings. The van der Waals surface area contributed by atoms with Gasteiger partial charge in [0.25, 0.3) is 0 Å². The van der Waals surface area contributed by atoms with Crippen LogP contribution < -0.4 is 0 Å². The highest BCUT2D eigenvalue weighted by Crippen LogP contribution is 2.31. The third-order valence-electron chi connectivity index (χ3n) is 2.99. The van der Waals surface area contributed by atoms with Crippen LogP contribution >= 0.6 is 0 Å². The van der Waals surface area contributed by atoms with Gasteiger partial charge in [-0.1, -0.05) is 24.8 Å². The predicted octanol–water partition coefficient (Wildman–Crippen LogP) is 3.53. The lowest BCUT2D eigenvalue weighted by Gasteiger charge is -2.02.